The lowest BCUT2D eigenvalue weighted by atomic mass is 9.94. The first-order chi connectivity index (χ1) is 24.4. The van der Waals surface area contributed by atoms with E-state index >= 15 is 0 Å². The van der Waals surface area contributed by atoms with Crippen LogP contribution in [0.15, 0.2) is 35.9 Å². The van der Waals surface area contributed by atoms with Crippen LogP contribution in [0.25, 0.3) is 0 Å². The minimum atomic E-state index is -0.108. The third-order valence-electron chi connectivity index (χ3n) is 11.3. The maximum atomic E-state index is 11.9. The van der Waals surface area contributed by atoms with Crippen LogP contribution in [0.2, 0.25) is 0 Å². The van der Waals surface area contributed by atoms with E-state index in [1.54, 1.807) is 7.11 Å². The highest BCUT2D eigenvalue weighted by atomic mass is 16.6. The number of carbonyl (C=O) groups excluding carboxylic acids is 1. The first-order valence-corrected chi connectivity index (χ1v) is 21.2. The van der Waals surface area contributed by atoms with E-state index in [4.69, 9.17) is 18.9 Å². The van der Waals surface area contributed by atoms with Crippen molar-refractivity contribution in [3.8, 4) is 5.75 Å². The van der Waals surface area contributed by atoms with Crippen molar-refractivity contribution in [2.45, 2.75) is 213 Å². The SMILES string of the molecule is CCCCCCCCCCCCC(C)C1CC[C@H]([C@@H](CCCCCCCCCC[C@H](C)CC2=C[C@@H](C)OC2=O)OCc2ccc(OC)cc2)O1. The Hall–Kier alpha value is -1.85. The monoisotopic (exact) mass is 697 g/mol. The van der Waals surface area contributed by atoms with Gasteiger partial charge < -0.3 is 18.9 Å². The second-order valence-corrected chi connectivity index (χ2v) is 16.0. The van der Waals surface area contributed by atoms with Crippen molar-refractivity contribution >= 4 is 5.97 Å². The van der Waals surface area contributed by atoms with Gasteiger partial charge in [-0.25, -0.2) is 4.79 Å². The zero-order valence-corrected chi connectivity index (χ0v) is 33.1. The van der Waals surface area contributed by atoms with Crippen molar-refractivity contribution in [2.75, 3.05) is 7.11 Å². The van der Waals surface area contributed by atoms with Crippen LogP contribution >= 0.6 is 0 Å². The fourth-order valence-electron chi connectivity index (χ4n) is 7.98. The molecule has 1 fully saturated rings. The Labute approximate surface area is 308 Å². The molecule has 0 aliphatic carbocycles. The minimum Gasteiger partial charge on any atom is -0.497 e. The number of rotatable bonds is 30. The van der Waals surface area contributed by atoms with Crippen molar-refractivity contribution in [3.05, 3.63) is 41.5 Å². The van der Waals surface area contributed by atoms with Gasteiger partial charge in [-0.1, -0.05) is 155 Å². The fourth-order valence-corrected chi connectivity index (χ4v) is 7.98. The summed E-state index contributed by atoms with van der Waals surface area (Å²) in [5.74, 6) is 1.96. The molecule has 286 valence electrons. The molecule has 6 atom stereocenters. The first-order valence-electron chi connectivity index (χ1n) is 21.2. The van der Waals surface area contributed by atoms with Gasteiger partial charge in [0.25, 0.3) is 0 Å². The van der Waals surface area contributed by atoms with Crippen molar-refractivity contribution < 1.29 is 23.7 Å². The lowest BCUT2D eigenvalue weighted by Crippen LogP contribution is -2.30. The Bertz CT molecular complexity index is 1030. The van der Waals surface area contributed by atoms with Crippen LogP contribution in [-0.4, -0.2) is 37.5 Å². The molecule has 3 rings (SSSR count). The second kappa shape index (κ2) is 26.0. The molecule has 1 saturated heterocycles. The number of unbranched alkanes of at least 4 members (excludes halogenated alkanes) is 16. The number of esters is 1. The van der Waals surface area contributed by atoms with Gasteiger partial charge in [-0.15, -0.1) is 0 Å². The Morgan fingerprint density at radius 3 is 1.82 bits per heavy atom. The van der Waals surface area contributed by atoms with E-state index in [1.807, 2.05) is 25.1 Å². The maximum absolute atomic E-state index is 11.9. The van der Waals surface area contributed by atoms with Crippen molar-refractivity contribution in [1.29, 1.82) is 0 Å². The third-order valence-corrected chi connectivity index (χ3v) is 11.3. The number of cyclic esters (lactones) is 1. The lowest BCUT2D eigenvalue weighted by molar-refractivity contribution is -0.139. The average molecular weight is 697 g/mol. The number of carbonyl (C=O) groups is 1. The molecular formula is C45H76O5. The molecular weight excluding hydrogens is 620 g/mol. The Balaban J connectivity index is 1.29. The highest BCUT2D eigenvalue weighted by Gasteiger charge is 2.34. The van der Waals surface area contributed by atoms with E-state index < -0.39 is 0 Å². The molecule has 0 bridgehead atoms. The van der Waals surface area contributed by atoms with Gasteiger partial charge in [-0.3, -0.25) is 0 Å². The predicted octanol–water partition coefficient (Wildman–Crippen LogP) is 12.9. The molecule has 0 saturated carbocycles. The summed E-state index contributed by atoms with van der Waals surface area (Å²) in [4.78, 5) is 11.9. The summed E-state index contributed by atoms with van der Waals surface area (Å²) in [6, 6.07) is 8.29. The molecule has 2 unspecified atom stereocenters. The highest BCUT2D eigenvalue weighted by Crippen LogP contribution is 2.33. The van der Waals surface area contributed by atoms with Gasteiger partial charge in [0, 0.05) is 5.57 Å². The number of ether oxygens (including phenoxy) is 4. The summed E-state index contributed by atoms with van der Waals surface area (Å²) in [6.45, 7) is 9.55. The number of hydrogen-bond acceptors (Lipinski definition) is 5. The summed E-state index contributed by atoms with van der Waals surface area (Å²) in [5, 5.41) is 0. The standard InChI is InChI=1S/C45H76O5/c1-6-7-8-9-10-11-12-16-19-22-25-37(3)42-31-32-44(50-42)43(48-35-39-27-29-41(47-5)30-28-39)26-23-20-17-14-13-15-18-21-24-36(2)33-40-34-38(4)49-45(40)46/h27-30,34,36-38,42-44H,6-26,31-33,35H2,1-5H3/t36-,37?,38+,42?,43+,44+/m0/s1. The van der Waals surface area contributed by atoms with E-state index in [9.17, 15) is 4.79 Å². The van der Waals surface area contributed by atoms with E-state index in [-0.39, 0.29) is 24.3 Å². The summed E-state index contributed by atoms with van der Waals surface area (Å²) >= 11 is 0. The smallest absolute Gasteiger partial charge is 0.334 e. The zero-order valence-electron chi connectivity index (χ0n) is 33.1. The van der Waals surface area contributed by atoms with Crippen molar-refractivity contribution in [1.82, 2.24) is 0 Å². The van der Waals surface area contributed by atoms with Crippen LogP contribution in [0, 0.1) is 11.8 Å². The fraction of sp³-hybridized carbons (Fsp3) is 0.800. The van der Waals surface area contributed by atoms with Crippen LogP contribution < -0.4 is 4.74 Å². The molecule has 2 aliphatic heterocycles. The molecule has 0 aromatic heterocycles. The van der Waals surface area contributed by atoms with E-state index in [0.29, 0.717) is 24.5 Å². The summed E-state index contributed by atoms with van der Waals surface area (Å²) in [7, 11) is 1.71. The molecule has 0 N–H and O–H groups in total. The van der Waals surface area contributed by atoms with Crippen LogP contribution in [0.4, 0.5) is 0 Å². The van der Waals surface area contributed by atoms with Crippen LogP contribution in [0.1, 0.15) is 187 Å². The number of methoxy groups -OCH3 is 1. The molecule has 5 nitrogen and oxygen atoms in total. The van der Waals surface area contributed by atoms with Gasteiger partial charge >= 0.3 is 5.97 Å². The minimum absolute atomic E-state index is 0.0522. The van der Waals surface area contributed by atoms with Gasteiger partial charge in [0.1, 0.15) is 11.9 Å². The van der Waals surface area contributed by atoms with Crippen LogP contribution in [0.5, 0.6) is 5.75 Å². The first kappa shape index (κ1) is 42.6. The van der Waals surface area contributed by atoms with Crippen molar-refractivity contribution in [2.24, 2.45) is 11.8 Å². The number of hydrogen-bond donors (Lipinski definition) is 0. The third kappa shape index (κ3) is 17.6. The molecule has 50 heavy (non-hydrogen) atoms. The second-order valence-electron chi connectivity index (χ2n) is 16.0. The van der Waals surface area contributed by atoms with E-state index in [1.165, 1.54) is 140 Å². The summed E-state index contributed by atoms with van der Waals surface area (Å²) in [6.07, 6.45) is 33.7. The van der Waals surface area contributed by atoms with Gasteiger partial charge in [-0.2, -0.15) is 0 Å². The molecule has 5 heteroatoms. The van der Waals surface area contributed by atoms with Gasteiger partial charge in [0.05, 0.1) is 32.0 Å². The molecule has 2 heterocycles. The maximum Gasteiger partial charge on any atom is 0.334 e. The molecule has 0 spiro atoms. The number of benzene rings is 1. The molecule has 0 radical (unpaired) electrons. The Morgan fingerprint density at radius 2 is 1.26 bits per heavy atom. The van der Waals surface area contributed by atoms with Gasteiger partial charge in [-0.05, 0) is 74.6 Å². The lowest BCUT2D eigenvalue weighted by Gasteiger charge is -2.26. The van der Waals surface area contributed by atoms with E-state index in [0.717, 1.165) is 30.6 Å². The average Bonchev–Trinajstić information content (AvgIpc) is 3.73. The Kier molecular flexibility index (Phi) is 22.1. The molecule has 2 aliphatic rings. The predicted molar refractivity (Wildman–Crippen MR) is 209 cm³/mol. The van der Waals surface area contributed by atoms with Gasteiger partial charge in [0.15, 0.2) is 0 Å². The molecule has 1 aromatic rings. The molecule has 1 aromatic carbocycles. The zero-order chi connectivity index (χ0) is 35.8. The van der Waals surface area contributed by atoms with E-state index in [2.05, 4.69) is 32.9 Å². The largest absolute Gasteiger partial charge is 0.497 e. The quantitative estimate of drug-likeness (QED) is 0.0592. The van der Waals surface area contributed by atoms with Gasteiger partial charge in [0.2, 0.25) is 0 Å². The summed E-state index contributed by atoms with van der Waals surface area (Å²) < 4.78 is 24.0. The van der Waals surface area contributed by atoms with Crippen molar-refractivity contribution in [3.63, 3.8) is 0 Å². The topological polar surface area (TPSA) is 54.0 Å². The van der Waals surface area contributed by atoms with Crippen LogP contribution in [0.3, 0.4) is 0 Å². The Morgan fingerprint density at radius 1 is 0.720 bits per heavy atom. The van der Waals surface area contributed by atoms with Crippen LogP contribution in [-0.2, 0) is 25.6 Å². The summed E-state index contributed by atoms with van der Waals surface area (Å²) in [5.41, 5.74) is 2.08. The highest BCUT2D eigenvalue weighted by molar-refractivity contribution is 5.90. The normalized spacial score (nSPS) is 20.9. The molecule has 0 amide bonds.